The fourth-order valence-corrected chi connectivity index (χ4v) is 1.76. The Morgan fingerprint density at radius 2 is 2.27 bits per heavy atom. The lowest BCUT2D eigenvalue weighted by Gasteiger charge is -2.05. The molecule has 4 nitrogen and oxygen atoms in total. The molecule has 86 valence electrons. The lowest BCUT2D eigenvalue weighted by atomic mass is 10.1. The third-order valence-corrected chi connectivity index (χ3v) is 2.97. The Labute approximate surface area is 95.4 Å². The average Bonchev–Trinajstić information content (AvgIpc) is 2.57. The molecule has 0 spiro atoms. The van der Waals surface area contributed by atoms with Crippen molar-refractivity contribution in [3.8, 4) is 0 Å². The number of nitrogens with zero attached hydrogens (tertiary/aromatic N) is 3. The molecule has 1 aromatic rings. The van der Waals surface area contributed by atoms with Crippen molar-refractivity contribution in [3.05, 3.63) is 6.33 Å². The van der Waals surface area contributed by atoms with Crippen molar-refractivity contribution in [1.82, 2.24) is 14.8 Å². The lowest BCUT2D eigenvalue weighted by molar-refractivity contribution is 0.138. The third kappa shape index (κ3) is 5.18. The van der Waals surface area contributed by atoms with E-state index in [1.54, 1.807) is 18.1 Å². The molecule has 0 amide bonds. The van der Waals surface area contributed by atoms with Crippen LogP contribution in [0.5, 0.6) is 0 Å². The van der Waals surface area contributed by atoms with Gasteiger partial charge in [-0.05, 0) is 12.3 Å². The van der Waals surface area contributed by atoms with E-state index in [0.29, 0.717) is 0 Å². The second-order valence-corrected chi connectivity index (χ2v) is 4.93. The molecular weight excluding hydrogens is 210 g/mol. The zero-order chi connectivity index (χ0) is 11.1. The van der Waals surface area contributed by atoms with Gasteiger partial charge >= 0.3 is 0 Å². The quantitative estimate of drug-likeness (QED) is 0.529. The third-order valence-electron chi connectivity index (χ3n) is 1.97. The van der Waals surface area contributed by atoms with E-state index >= 15 is 0 Å². The SMILES string of the molecule is CC(C)CCOCCSc1nncn1C. The molecule has 0 fully saturated rings. The van der Waals surface area contributed by atoms with Gasteiger partial charge in [-0.3, -0.25) is 0 Å². The molecule has 1 heterocycles. The molecule has 0 aliphatic carbocycles. The molecule has 5 heteroatoms. The molecule has 0 bridgehead atoms. The van der Waals surface area contributed by atoms with E-state index in [2.05, 4.69) is 24.0 Å². The standard InChI is InChI=1S/C10H19N3OS/c1-9(2)4-5-14-6-7-15-10-12-11-8-13(10)3/h8-9H,4-7H2,1-3H3. The van der Waals surface area contributed by atoms with Gasteiger partial charge in [-0.25, -0.2) is 0 Å². The number of aromatic nitrogens is 3. The summed E-state index contributed by atoms with van der Waals surface area (Å²) >= 11 is 1.68. The molecule has 0 saturated heterocycles. The van der Waals surface area contributed by atoms with E-state index < -0.39 is 0 Å². The summed E-state index contributed by atoms with van der Waals surface area (Å²) in [6.07, 6.45) is 2.84. The Kier molecular flexibility index (Phi) is 5.71. The molecule has 0 aliphatic heterocycles. The van der Waals surface area contributed by atoms with Crippen molar-refractivity contribution in [1.29, 1.82) is 0 Å². The summed E-state index contributed by atoms with van der Waals surface area (Å²) in [5.41, 5.74) is 0. The van der Waals surface area contributed by atoms with Gasteiger partial charge in [0.1, 0.15) is 6.33 Å². The Morgan fingerprint density at radius 1 is 1.47 bits per heavy atom. The molecule has 0 atom stereocenters. The molecular formula is C10H19N3OS. The number of aryl methyl sites for hydroxylation is 1. The van der Waals surface area contributed by atoms with Crippen LogP contribution in [0.25, 0.3) is 0 Å². The van der Waals surface area contributed by atoms with Crippen molar-refractivity contribution in [3.63, 3.8) is 0 Å². The molecule has 15 heavy (non-hydrogen) atoms. The first kappa shape index (κ1) is 12.5. The predicted molar refractivity (Wildman–Crippen MR) is 62.0 cm³/mol. The van der Waals surface area contributed by atoms with E-state index in [1.165, 1.54) is 0 Å². The number of ether oxygens (including phenoxy) is 1. The summed E-state index contributed by atoms with van der Waals surface area (Å²) in [5, 5.41) is 8.74. The minimum absolute atomic E-state index is 0.719. The maximum atomic E-state index is 5.50. The average molecular weight is 229 g/mol. The summed E-state index contributed by atoms with van der Waals surface area (Å²) in [7, 11) is 1.95. The van der Waals surface area contributed by atoms with Crippen LogP contribution in [-0.4, -0.2) is 33.7 Å². The van der Waals surface area contributed by atoms with E-state index in [0.717, 1.165) is 36.5 Å². The number of rotatable bonds is 7. The highest BCUT2D eigenvalue weighted by atomic mass is 32.2. The number of hydrogen-bond acceptors (Lipinski definition) is 4. The summed E-state index contributed by atoms with van der Waals surface area (Å²) in [5.74, 6) is 1.65. The van der Waals surface area contributed by atoms with Crippen LogP contribution in [0, 0.1) is 5.92 Å². The van der Waals surface area contributed by atoms with Gasteiger partial charge in [-0.2, -0.15) is 0 Å². The maximum Gasteiger partial charge on any atom is 0.190 e. The number of hydrogen-bond donors (Lipinski definition) is 0. The van der Waals surface area contributed by atoms with Gasteiger partial charge in [0.05, 0.1) is 6.61 Å². The summed E-state index contributed by atoms with van der Waals surface area (Å²) in [4.78, 5) is 0. The zero-order valence-corrected chi connectivity index (χ0v) is 10.5. The van der Waals surface area contributed by atoms with Crippen molar-refractivity contribution >= 4 is 11.8 Å². The molecule has 1 rings (SSSR count). The minimum atomic E-state index is 0.719. The Hall–Kier alpha value is -0.550. The topological polar surface area (TPSA) is 39.9 Å². The second-order valence-electron chi connectivity index (χ2n) is 3.87. The largest absolute Gasteiger partial charge is 0.381 e. The monoisotopic (exact) mass is 229 g/mol. The lowest BCUT2D eigenvalue weighted by Crippen LogP contribution is -2.02. The van der Waals surface area contributed by atoms with Crippen molar-refractivity contribution < 1.29 is 4.74 Å². The molecule has 0 aromatic carbocycles. The first-order valence-electron chi connectivity index (χ1n) is 5.24. The van der Waals surface area contributed by atoms with Crippen LogP contribution in [0.2, 0.25) is 0 Å². The summed E-state index contributed by atoms with van der Waals surface area (Å²) in [6, 6.07) is 0. The van der Waals surface area contributed by atoms with Crippen LogP contribution in [0.3, 0.4) is 0 Å². The Balaban J connectivity index is 2.00. The van der Waals surface area contributed by atoms with Crippen molar-refractivity contribution in [2.45, 2.75) is 25.4 Å². The van der Waals surface area contributed by atoms with Crippen LogP contribution in [0.1, 0.15) is 20.3 Å². The van der Waals surface area contributed by atoms with Gasteiger partial charge in [0.2, 0.25) is 0 Å². The van der Waals surface area contributed by atoms with Crippen LogP contribution >= 0.6 is 11.8 Å². The van der Waals surface area contributed by atoms with Gasteiger partial charge < -0.3 is 9.30 Å². The first-order valence-corrected chi connectivity index (χ1v) is 6.23. The van der Waals surface area contributed by atoms with Crippen LogP contribution in [0.15, 0.2) is 11.5 Å². The molecule has 0 radical (unpaired) electrons. The highest BCUT2D eigenvalue weighted by molar-refractivity contribution is 7.99. The van der Waals surface area contributed by atoms with Crippen LogP contribution < -0.4 is 0 Å². The first-order chi connectivity index (χ1) is 7.20. The van der Waals surface area contributed by atoms with Crippen LogP contribution in [0.4, 0.5) is 0 Å². The summed E-state index contributed by atoms with van der Waals surface area (Å²) in [6.45, 7) is 6.05. The highest BCUT2D eigenvalue weighted by Crippen LogP contribution is 2.12. The van der Waals surface area contributed by atoms with Crippen molar-refractivity contribution in [2.24, 2.45) is 13.0 Å². The van der Waals surface area contributed by atoms with Crippen molar-refractivity contribution in [2.75, 3.05) is 19.0 Å². The van der Waals surface area contributed by atoms with Gasteiger partial charge in [-0.1, -0.05) is 25.6 Å². The minimum Gasteiger partial charge on any atom is -0.381 e. The molecule has 0 N–H and O–H groups in total. The zero-order valence-electron chi connectivity index (χ0n) is 9.64. The maximum absolute atomic E-state index is 5.50. The van der Waals surface area contributed by atoms with E-state index in [9.17, 15) is 0 Å². The van der Waals surface area contributed by atoms with Gasteiger partial charge in [-0.15, -0.1) is 10.2 Å². The normalized spacial score (nSPS) is 11.2. The Morgan fingerprint density at radius 3 is 2.87 bits per heavy atom. The fourth-order valence-electron chi connectivity index (χ4n) is 1.02. The molecule has 0 saturated carbocycles. The fraction of sp³-hybridized carbons (Fsp3) is 0.800. The molecule has 0 unspecified atom stereocenters. The number of thioether (sulfide) groups is 1. The van der Waals surface area contributed by atoms with E-state index in [-0.39, 0.29) is 0 Å². The van der Waals surface area contributed by atoms with Gasteiger partial charge in [0, 0.05) is 19.4 Å². The smallest absolute Gasteiger partial charge is 0.190 e. The summed E-state index contributed by atoms with van der Waals surface area (Å²) < 4.78 is 7.42. The van der Waals surface area contributed by atoms with Gasteiger partial charge in [0.15, 0.2) is 5.16 Å². The molecule has 0 aliphatic rings. The van der Waals surface area contributed by atoms with E-state index in [1.807, 2.05) is 11.6 Å². The van der Waals surface area contributed by atoms with Gasteiger partial charge in [0.25, 0.3) is 0 Å². The predicted octanol–water partition coefficient (Wildman–Crippen LogP) is 1.97. The second kappa shape index (κ2) is 6.85. The van der Waals surface area contributed by atoms with Crippen LogP contribution in [-0.2, 0) is 11.8 Å². The molecule has 1 aromatic heterocycles. The highest BCUT2D eigenvalue weighted by Gasteiger charge is 2.00. The van der Waals surface area contributed by atoms with E-state index in [4.69, 9.17) is 4.74 Å². The Bertz CT molecular complexity index is 275.